The second kappa shape index (κ2) is 7.30. The largest absolute Gasteiger partial charge is 0.371 e. The van der Waals surface area contributed by atoms with Gasteiger partial charge in [0, 0.05) is 24.2 Å². The topological polar surface area (TPSA) is 29.3 Å². The van der Waals surface area contributed by atoms with E-state index in [1.807, 2.05) is 0 Å². The molecule has 2 nitrogen and oxygen atoms in total. The summed E-state index contributed by atoms with van der Waals surface area (Å²) in [5.74, 6) is 0.638. The van der Waals surface area contributed by atoms with Gasteiger partial charge in [0.15, 0.2) is 0 Å². The maximum atomic E-state index is 5.82. The highest BCUT2D eigenvalue weighted by atomic mass is 15.1. The van der Waals surface area contributed by atoms with Crippen LogP contribution in [0.25, 0.3) is 10.8 Å². The van der Waals surface area contributed by atoms with Gasteiger partial charge in [-0.15, -0.1) is 0 Å². The predicted octanol–water partition coefficient (Wildman–Crippen LogP) is 4.04. The zero-order valence-corrected chi connectivity index (χ0v) is 12.7. The second-order valence-corrected chi connectivity index (χ2v) is 5.38. The molecule has 0 spiro atoms. The molecule has 2 rings (SSSR count). The minimum absolute atomic E-state index is 0.638. The Morgan fingerprint density at radius 1 is 1.05 bits per heavy atom. The monoisotopic (exact) mass is 270 g/mol. The lowest BCUT2D eigenvalue weighted by Crippen LogP contribution is -2.27. The van der Waals surface area contributed by atoms with Gasteiger partial charge in [0.05, 0.1) is 0 Å². The highest BCUT2D eigenvalue weighted by Gasteiger charge is 2.10. The first kappa shape index (κ1) is 14.9. The van der Waals surface area contributed by atoms with Crippen LogP contribution in [0.5, 0.6) is 0 Å². The molecule has 108 valence electrons. The fraction of sp³-hybridized carbons (Fsp3) is 0.444. The van der Waals surface area contributed by atoms with Gasteiger partial charge < -0.3 is 10.6 Å². The third-order valence-corrected chi connectivity index (χ3v) is 4.21. The SMILES string of the molecule is CCC(CN)CCN(CC)c1cccc2ccccc12. The van der Waals surface area contributed by atoms with Crippen LogP contribution in [-0.4, -0.2) is 19.6 Å². The normalized spacial score (nSPS) is 12.6. The molecule has 0 heterocycles. The lowest BCUT2D eigenvalue weighted by molar-refractivity contribution is 0.480. The van der Waals surface area contributed by atoms with Gasteiger partial charge in [0.2, 0.25) is 0 Å². The van der Waals surface area contributed by atoms with Crippen molar-refractivity contribution in [3.05, 3.63) is 42.5 Å². The van der Waals surface area contributed by atoms with E-state index in [2.05, 4.69) is 61.2 Å². The molecule has 1 atom stereocenters. The molecule has 0 saturated heterocycles. The molecule has 2 heteroatoms. The van der Waals surface area contributed by atoms with Crippen LogP contribution < -0.4 is 10.6 Å². The summed E-state index contributed by atoms with van der Waals surface area (Å²) in [6, 6.07) is 15.2. The first-order valence-corrected chi connectivity index (χ1v) is 7.72. The first-order chi connectivity index (χ1) is 9.80. The molecule has 0 saturated carbocycles. The van der Waals surface area contributed by atoms with E-state index in [1.165, 1.54) is 29.3 Å². The van der Waals surface area contributed by atoms with Crippen molar-refractivity contribution in [1.82, 2.24) is 0 Å². The minimum Gasteiger partial charge on any atom is -0.371 e. The van der Waals surface area contributed by atoms with E-state index < -0.39 is 0 Å². The lowest BCUT2D eigenvalue weighted by Gasteiger charge is -2.26. The molecule has 0 fully saturated rings. The molecular formula is C18H26N2. The third-order valence-electron chi connectivity index (χ3n) is 4.21. The number of benzene rings is 2. The Morgan fingerprint density at radius 2 is 1.80 bits per heavy atom. The highest BCUT2D eigenvalue weighted by Crippen LogP contribution is 2.27. The number of fused-ring (bicyclic) bond motifs is 1. The van der Waals surface area contributed by atoms with Gasteiger partial charge >= 0.3 is 0 Å². The van der Waals surface area contributed by atoms with Crippen molar-refractivity contribution in [3.63, 3.8) is 0 Å². The van der Waals surface area contributed by atoms with Crippen LogP contribution in [0.3, 0.4) is 0 Å². The molecule has 2 N–H and O–H groups in total. The summed E-state index contributed by atoms with van der Waals surface area (Å²) in [6.07, 6.45) is 2.34. The molecule has 2 aromatic rings. The van der Waals surface area contributed by atoms with Crippen LogP contribution in [0.4, 0.5) is 5.69 Å². The molecule has 0 aliphatic heterocycles. The maximum absolute atomic E-state index is 5.82. The van der Waals surface area contributed by atoms with Gasteiger partial charge in [-0.05, 0) is 37.3 Å². The summed E-state index contributed by atoms with van der Waals surface area (Å²) < 4.78 is 0. The summed E-state index contributed by atoms with van der Waals surface area (Å²) >= 11 is 0. The molecule has 0 aromatic heterocycles. The quantitative estimate of drug-likeness (QED) is 0.822. The summed E-state index contributed by atoms with van der Waals surface area (Å²) in [5.41, 5.74) is 7.17. The Labute approximate surface area is 122 Å². The van der Waals surface area contributed by atoms with Crippen LogP contribution in [0, 0.1) is 5.92 Å². The predicted molar refractivity (Wildman–Crippen MR) is 89.3 cm³/mol. The summed E-state index contributed by atoms with van der Waals surface area (Å²) in [4.78, 5) is 2.47. The first-order valence-electron chi connectivity index (χ1n) is 7.72. The molecule has 0 aliphatic rings. The molecular weight excluding hydrogens is 244 g/mol. The second-order valence-electron chi connectivity index (χ2n) is 5.38. The molecule has 0 amide bonds. The Morgan fingerprint density at radius 3 is 2.50 bits per heavy atom. The molecule has 0 bridgehead atoms. The van der Waals surface area contributed by atoms with E-state index in [4.69, 9.17) is 5.73 Å². The van der Waals surface area contributed by atoms with Gasteiger partial charge in [-0.3, -0.25) is 0 Å². The van der Waals surface area contributed by atoms with E-state index in [0.717, 1.165) is 19.6 Å². The fourth-order valence-electron chi connectivity index (χ4n) is 2.76. The number of nitrogens with zero attached hydrogens (tertiary/aromatic N) is 1. The smallest absolute Gasteiger partial charge is 0.0445 e. The van der Waals surface area contributed by atoms with E-state index in [1.54, 1.807) is 0 Å². The van der Waals surface area contributed by atoms with Gasteiger partial charge in [-0.1, -0.05) is 49.7 Å². The van der Waals surface area contributed by atoms with E-state index in [0.29, 0.717) is 5.92 Å². The van der Waals surface area contributed by atoms with Gasteiger partial charge in [0.25, 0.3) is 0 Å². The van der Waals surface area contributed by atoms with Crippen molar-refractivity contribution < 1.29 is 0 Å². The van der Waals surface area contributed by atoms with Crippen molar-refractivity contribution in [3.8, 4) is 0 Å². The molecule has 2 aromatic carbocycles. The van der Waals surface area contributed by atoms with Gasteiger partial charge in [-0.2, -0.15) is 0 Å². The van der Waals surface area contributed by atoms with Crippen LogP contribution >= 0.6 is 0 Å². The van der Waals surface area contributed by atoms with E-state index in [9.17, 15) is 0 Å². The van der Waals surface area contributed by atoms with Crippen molar-refractivity contribution in [2.24, 2.45) is 11.7 Å². The van der Waals surface area contributed by atoms with E-state index >= 15 is 0 Å². The summed E-state index contributed by atoms with van der Waals surface area (Å²) in [6.45, 7) is 7.37. The van der Waals surface area contributed by atoms with Crippen LogP contribution in [0.2, 0.25) is 0 Å². The molecule has 1 unspecified atom stereocenters. The molecule has 0 aliphatic carbocycles. The lowest BCUT2D eigenvalue weighted by atomic mass is 10.0. The van der Waals surface area contributed by atoms with Crippen molar-refractivity contribution in [2.45, 2.75) is 26.7 Å². The standard InChI is InChI=1S/C18H26N2/c1-3-15(14-19)12-13-20(4-2)18-11-7-9-16-8-5-6-10-17(16)18/h5-11,15H,3-4,12-14,19H2,1-2H3. The van der Waals surface area contributed by atoms with Crippen molar-refractivity contribution in [2.75, 3.05) is 24.5 Å². The van der Waals surface area contributed by atoms with Crippen LogP contribution in [0.1, 0.15) is 26.7 Å². The van der Waals surface area contributed by atoms with Crippen molar-refractivity contribution in [1.29, 1.82) is 0 Å². The number of rotatable bonds is 7. The molecule has 0 radical (unpaired) electrons. The number of nitrogens with two attached hydrogens (primary N) is 1. The van der Waals surface area contributed by atoms with Crippen LogP contribution in [-0.2, 0) is 0 Å². The number of hydrogen-bond donors (Lipinski definition) is 1. The van der Waals surface area contributed by atoms with Gasteiger partial charge in [-0.25, -0.2) is 0 Å². The Bertz CT molecular complexity index is 526. The average Bonchev–Trinajstić information content (AvgIpc) is 2.51. The zero-order chi connectivity index (χ0) is 14.4. The molecule has 20 heavy (non-hydrogen) atoms. The van der Waals surface area contributed by atoms with Crippen LogP contribution in [0.15, 0.2) is 42.5 Å². The van der Waals surface area contributed by atoms with Gasteiger partial charge in [0.1, 0.15) is 0 Å². The minimum atomic E-state index is 0.638. The average molecular weight is 270 g/mol. The number of anilines is 1. The Kier molecular flexibility index (Phi) is 5.42. The van der Waals surface area contributed by atoms with Crippen molar-refractivity contribution >= 4 is 16.5 Å². The Hall–Kier alpha value is -1.54. The number of hydrogen-bond acceptors (Lipinski definition) is 2. The summed E-state index contributed by atoms with van der Waals surface area (Å²) in [7, 11) is 0. The summed E-state index contributed by atoms with van der Waals surface area (Å²) in [5, 5.41) is 2.66. The maximum Gasteiger partial charge on any atom is 0.0445 e. The van der Waals surface area contributed by atoms with E-state index in [-0.39, 0.29) is 0 Å². The fourth-order valence-corrected chi connectivity index (χ4v) is 2.76. The zero-order valence-electron chi connectivity index (χ0n) is 12.7. The third kappa shape index (κ3) is 3.31. The Balaban J connectivity index is 2.21. The highest BCUT2D eigenvalue weighted by molar-refractivity contribution is 5.94.